The van der Waals surface area contributed by atoms with Gasteiger partial charge in [-0.3, -0.25) is 9.48 Å². The van der Waals surface area contributed by atoms with Crippen LogP contribution >= 0.6 is 0 Å². The van der Waals surface area contributed by atoms with E-state index in [0.29, 0.717) is 25.5 Å². The summed E-state index contributed by atoms with van der Waals surface area (Å²) in [6.07, 6.45) is 4.35. The zero-order valence-corrected chi connectivity index (χ0v) is 19.0. The van der Waals surface area contributed by atoms with Gasteiger partial charge in [-0.15, -0.1) is 0 Å². The average Bonchev–Trinajstić information content (AvgIpc) is 3.17. The molecule has 0 aliphatic carbocycles. The molecule has 31 heavy (non-hydrogen) atoms. The summed E-state index contributed by atoms with van der Waals surface area (Å²) in [6, 6.07) is 7.89. The number of hydrogen-bond acceptors (Lipinski definition) is 4. The Kier molecular flexibility index (Phi) is 8.06. The van der Waals surface area contributed by atoms with Gasteiger partial charge in [0.1, 0.15) is 6.10 Å². The highest BCUT2D eigenvalue weighted by atomic mass is 16.5. The van der Waals surface area contributed by atoms with Crippen molar-refractivity contribution in [2.24, 2.45) is 18.0 Å². The number of nitrogens with one attached hydrogen (secondary N) is 2. The lowest BCUT2D eigenvalue weighted by molar-refractivity contribution is -0.116. The van der Waals surface area contributed by atoms with Gasteiger partial charge in [0, 0.05) is 44.0 Å². The van der Waals surface area contributed by atoms with Crippen LogP contribution in [0.1, 0.15) is 44.4 Å². The minimum absolute atomic E-state index is 0.0224. The van der Waals surface area contributed by atoms with Crippen molar-refractivity contribution in [1.82, 2.24) is 20.0 Å². The van der Waals surface area contributed by atoms with Gasteiger partial charge in [-0.2, -0.15) is 5.10 Å². The number of aliphatic imine (C=N–C) groups is 1. The Morgan fingerprint density at radius 3 is 2.94 bits per heavy atom. The minimum Gasteiger partial charge on any atom is -0.370 e. The van der Waals surface area contributed by atoms with Crippen LogP contribution in [0, 0.1) is 5.92 Å². The van der Waals surface area contributed by atoms with Crippen molar-refractivity contribution in [2.45, 2.75) is 39.8 Å². The highest BCUT2D eigenvalue weighted by Crippen LogP contribution is 2.22. The van der Waals surface area contributed by atoms with Crippen LogP contribution in [-0.4, -0.2) is 52.8 Å². The summed E-state index contributed by atoms with van der Waals surface area (Å²) >= 11 is 0. The van der Waals surface area contributed by atoms with Gasteiger partial charge in [-0.05, 0) is 30.5 Å². The number of anilines is 1. The van der Waals surface area contributed by atoms with Crippen LogP contribution in [0.15, 0.2) is 41.7 Å². The van der Waals surface area contributed by atoms with E-state index in [2.05, 4.69) is 27.6 Å². The molecule has 0 saturated carbocycles. The molecule has 0 spiro atoms. The summed E-state index contributed by atoms with van der Waals surface area (Å²) in [5, 5.41) is 10.6. The van der Waals surface area contributed by atoms with Gasteiger partial charge in [0.15, 0.2) is 5.96 Å². The maximum atomic E-state index is 12.1. The summed E-state index contributed by atoms with van der Waals surface area (Å²) in [7, 11) is 1.91. The highest BCUT2D eigenvalue weighted by Gasteiger charge is 2.25. The molecule has 1 amide bonds. The molecule has 8 nitrogen and oxygen atoms in total. The van der Waals surface area contributed by atoms with Crippen LogP contribution in [0.2, 0.25) is 0 Å². The van der Waals surface area contributed by atoms with Crippen molar-refractivity contribution < 1.29 is 9.53 Å². The lowest BCUT2D eigenvalue weighted by Crippen LogP contribution is -2.48. The molecule has 1 saturated heterocycles. The lowest BCUT2D eigenvalue weighted by Gasteiger charge is -2.34. The van der Waals surface area contributed by atoms with Crippen molar-refractivity contribution in [3.63, 3.8) is 0 Å². The molecular formula is C23H34N6O2. The number of aromatic nitrogens is 2. The Hall–Kier alpha value is -2.87. The molecule has 1 aliphatic rings. The van der Waals surface area contributed by atoms with Crippen LogP contribution in [0.5, 0.6) is 0 Å². The third kappa shape index (κ3) is 6.82. The van der Waals surface area contributed by atoms with Crippen molar-refractivity contribution in [3.8, 4) is 0 Å². The van der Waals surface area contributed by atoms with E-state index in [1.165, 1.54) is 0 Å². The molecule has 1 atom stereocenters. The Labute approximate surface area is 184 Å². The van der Waals surface area contributed by atoms with Crippen molar-refractivity contribution >= 4 is 17.6 Å². The van der Waals surface area contributed by atoms with Gasteiger partial charge >= 0.3 is 0 Å². The molecular weight excluding hydrogens is 392 g/mol. The maximum absolute atomic E-state index is 12.1. The van der Waals surface area contributed by atoms with Gasteiger partial charge in [-0.1, -0.05) is 26.0 Å². The molecule has 2 N–H and O–H groups in total. The second-order valence-corrected chi connectivity index (χ2v) is 8.27. The third-order valence-corrected chi connectivity index (χ3v) is 5.01. The van der Waals surface area contributed by atoms with E-state index in [4.69, 9.17) is 9.73 Å². The fourth-order valence-electron chi connectivity index (χ4n) is 3.57. The van der Waals surface area contributed by atoms with Crippen molar-refractivity contribution in [3.05, 3.63) is 47.8 Å². The second-order valence-electron chi connectivity index (χ2n) is 8.27. The number of guanidine groups is 1. The average molecular weight is 427 g/mol. The quantitative estimate of drug-likeness (QED) is 0.525. The summed E-state index contributed by atoms with van der Waals surface area (Å²) in [5.74, 6) is 1.24. The predicted octanol–water partition coefficient (Wildman–Crippen LogP) is 2.94. The highest BCUT2D eigenvalue weighted by molar-refractivity contribution is 5.90. The summed E-state index contributed by atoms with van der Waals surface area (Å²) in [4.78, 5) is 19.2. The molecule has 1 unspecified atom stereocenters. The van der Waals surface area contributed by atoms with E-state index >= 15 is 0 Å². The monoisotopic (exact) mass is 426 g/mol. The van der Waals surface area contributed by atoms with E-state index in [1.807, 2.05) is 57.6 Å². The van der Waals surface area contributed by atoms with E-state index < -0.39 is 0 Å². The van der Waals surface area contributed by atoms with Crippen LogP contribution in [0.4, 0.5) is 5.69 Å². The fraction of sp³-hybridized carbons (Fsp3) is 0.522. The predicted molar refractivity (Wildman–Crippen MR) is 123 cm³/mol. The smallest absolute Gasteiger partial charge is 0.224 e. The summed E-state index contributed by atoms with van der Waals surface area (Å²) in [5.41, 5.74) is 2.94. The first-order chi connectivity index (χ1) is 14.9. The van der Waals surface area contributed by atoms with Gasteiger partial charge < -0.3 is 20.3 Å². The van der Waals surface area contributed by atoms with Crippen LogP contribution in [0.3, 0.4) is 0 Å². The largest absolute Gasteiger partial charge is 0.370 e. The van der Waals surface area contributed by atoms with E-state index in [9.17, 15) is 4.79 Å². The Morgan fingerprint density at radius 2 is 2.23 bits per heavy atom. The number of carbonyl (C=O) groups is 1. The molecule has 0 radical (unpaired) electrons. The van der Waals surface area contributed by atoms with Gasteiger partial charge in [0.05, 0.1) is 25.9 Å². The SMILES string of the molecule is CCNC(=NCc1cccc(NC(=O)CC(C)C)c1)N1CCOC(c2cnn(C)c2)C1. The van der Waals surface area contributed by atoms with Gasteiger partial charge in [-0.25, -0.2) is 4.99 Å². The zero-order valence-electron chi connectivity index (χ0n) is 19.0. The van der Waals surface area contributed by atoms with E-state index in [0.717, 1.165) is 42.4 Å². The van der Waals surface area contributed by atoms with Crippen LogP contribution < -0.4 is 10.6 Å². The molecule has 2 aromatic rings. The number of benzene rings is 1. The Balaban J connectivity index is 1.66. The minimum atomic E-state index is -0.0224. The molecule has 3 rings (SSSR count). The Morgan fingerprint density at radius 1 is 1.39 bits per heavy atom. The number of ether oxygens (including phenoxy) is 1. The third-order valence-electron chi connectivity index (χ3n) is 5.01. The first kappa shape index (κ1) is 22.8. The molecule has 8 heteroatoms. The molecule has 1 aliphatic heterocycles. The first-order valence-electron chi connectivity index (χ1n) is 11.0. The van der Waals surface area contributed by atoms with Crippen molar-refractivity contribution in [1.29, 1.82) is 0 Å². The number of amides is 1. The fourth-order valence-corrected chi connectivity index (χ4v) is 3.57. The number of hydrogen-bond donors (Lipinski definition) is 2. The van der Waals surface area contributed by atoms with E-state index in [1.54, 1.807) is 4.68 Å². The number of rotatable bonds is 7. The second kappa shape index (κ2) is 10.9. The summed E-state index contributed by atoms with van der Waals surface area (Å²) in [6.45, 7) is 9.62. The number of nitrogens with zero attached hydrogens (tertiary/aromatic N) is 4. The maximum Gasteiger partial charge on any atom is 0.224 e. The van der Waals surface area contributed by atoms with E-state index in [-0.39, 0.29) is 12.0 Å². The Bertz CT molecular complexity index is 892. The number of carbonyl (C=O) groups excluding carboxylic acids is 1. The molecule has 0 bridgehead atoms. The molecule has 168 valence electrons. The lowest BCUT2D eigenvalue weighted by atomic mass is 10.1. The first-order valence-corrected chi connectivity index (χ1v) is 11.0. The standard InChI is InChI=1S/C23H34N6O2/c1-5-24-23(29-9-10-31-21(16-29)19-14-26-28(4)15-19)25-13-18-7-6-8-20(12-18)27-22(30)11-17(2)3/h6-8,12,14-15,17,21H,5,9-11,13,16H2,1-4H3,(H,24,25)(H,27,30). The van der Waals surface area contributed by atoms with Crippen LogP contribution in [0.25, 0.3) is 0 Å². The summed E-state index contributed by atoms with van der Waals surface area (Å²) < 4.78 is 7.76. The molecule has 1 aromatic heterocycles. The van der Waals surface area contributed by atoms with Gasteiger partial charge in [0.2, 0.25) is 5.91 Å². The molecule has 1 fully saturated rings. The normalized spacial score (nSPS) is 17.1. The molecule has 1 aromatic carbocycles. The zero-order chi connectivity index (χ0) is 22.2. The van der Waals surface area contributed by atoms with Gasteiger partial charge in [0.25, 0.3) is 0 Å². The molecule has 2 heterocycles. The van der Waals surface area contributed by atoms with Crippen molar-refractivity contribution in [2.75, 3.05) is 31.6 Å². The number of morpholine rings is 1. The number of aryl methyl sites for hydroxylation is 1. The van der Waals surface area contributed by atoms with Crippen LogP contribution in [-0.2, 0) is 23.1 Å². The topological polar surface area (TPSA) is 83.8 Å².